The van der Waals surface area contributed by atoms with Crippen molar-refractivity contribution in [3.8, 4) is 11.8 Å². The van der Waals surface area contributed by atoms with Gasteiger partial charge in [0.05, 0.1) is 14.5 Å². The van der Waals surface area contributed by atoms with Gasteiger partial charge < -0.3 is 15.8 Å². The van der Waals surface area contributed by atoms with Crippen LogP contribution in [0, 0.1) is 11.3 Å². The molecule has 0 saturated carbocycles. The molecule has 0 aliphatic heterocycles. The summed E-state index contributed by atoms with van der Waals surface area (Å²) >= 11 is 6.50. The Kier molecular flexibility index (Phi) is 7.64. The zero-order valence-electron chi connectivity index (χ0n) is 14.9. The van der Waals surface area contributed by atoms with Crippen LogP contribution in [0.15, 0.2) is 50.9 Å². The molecular formula is C19H12Br2F3N3O3. The monoisotopic (exact) mass is 545 g/mol. The maximum Gasteiger partial charge on any atom is 0.416 e. The molecule has 0 saturated heterocycles. The molecule has 2 rings (SSSR count). The number of nitrogens with zero attached hydrogens (tertiary/aromatic N) is 1. The number of amides is 2. The molecule has 156 valence electrons. The quantitative estimate of drug-likeness (QED) is 0.406. The van der Waals surface area contributed by atoms with Crippen LogP contribution >= 0.6 is 31.9 Å². The van der Waals surface area contributed by atoms with Gasteiger partial charge in [-0.25, -0.2) is 0 Å². The van der Waals surface area contributed by atoms with Crippen molar-refractivity contribution >= 4 is 55.4 Å². The summed E-state index contributed by atoms with van der Waals surface area (Å²) in [6, 6.07) is 8.82. The maximum atomic E-state index is 12.8. The van der Waals surface area contributed by atoms with E-state index in [1.54, 1.807) is 6.07 Å². The van der Waals surface area contributed by atoms with Gasteiger partial charge in [0.25, 0.3) is 11.8 Å². The van der Waals surface area contributed by atoms with Crippen molar-refractivity contribution in [3.63, 3.8) is 0 Å². The summed E-state index contributed by atoms with van der Waals surface area (Å²) in [5.74, 6) is -1.26. The minimum atomic E-state index is -4.56. The Morgan fingerprint density at radius 2 is 1.83 bits per heavy atom. The Hall–Kier alpha value is -2.84. The van der Waals surface area contributed by atoms with Crippen LogP contribution in [0.5, 0.6) is 5.75 Å². The highest BCUT2D eigenvalue weighted by Crippen LogP contribution is 2.35. The molecule has 0 atom stereocenters. The maximum absolute atomic E-state index is 12.8. The largest absolute Gasteiger partial charge is 0.481 e. The average molecular weight is 547 g/mol. The number of nitriles is 1. The first kappa shape index (κ1) is 23.4. The summed E-state index contributed by atoms with van der Waals surface area (Å²) in [6.07, 6.45) is -3.32. The SMILES string of the molecule is N#C/C(=C\c1cc(Br)c(OCC(N)=O)c(Br)c1)C(=O)Nc1cccc(C(F)(F)F)c1. The third-order valence-corrected chi connectivity index (χ3v) is 4.68. The molecule has 11 heteroatoms. The summed E-state index contributed by atoms with van der Waals surface area (Å²) in [6.45, 7) is -0.352. The Balaban J connectivity index is 2.26. The van der Waals surface area contributed by atoms with Gasteiger partial charge in [-0.15, -0.1) is 0 Å². The molecule has 6 nitrogen and oxygen atoms in total. The number of rotatable bonds is 6. The molecule has 0 fully saturated rings. The van der Waals surface area contributed by atoms with Crippen LogP contribution in [-0.2, 0) is 15.8 Å². The van der Waals surface area contributed by atoms with Crippen LogP contribution in [0.2, 0.25) is 0 Å². The Bertz CT molecular complexity index is 1040. The highest BCUT2D eigenvalue weighted by Gasteiger charge is 2.30. The van der Waals surface area contributed by atoms with Crippen molar-refractivity contribution < 1.29 is 27.5 Å². The predicted octanol–water partition coefficient (Wildman–Crippen LogP) is 4.64. The van der Waals surface area contributed by atoms with Crippen LogP contribution in [0.25, 0.3) is 6.08 Å². The van der Waals surface area contributed by atoms with Gasteiger partial charge in [0.15, 0.2) is 6.61 Å². The number of carbonyl (C=O) groups excluding carboxylic acids is 2. The summed E-state index contributed by atoms with van der Waals surface area (Å²) in [7, 11) is 0. The normalized spacial score (nSPS) is 11.5. The Labute approximate surface area is 185 Å². The van der Waals surface area contributed by atoms with Gasteiger partial charge in [-0.3, -0.25) is 9.59 Å². The molecule has 0 unspecified atom stereocenters. The van der Waals surface area contributed by atoms with E-state index in [0.29, 0.717) is 14.5 Å². The fourth-order valence-electron chi connectivity index (χ4n) is 2.23. The molecule has 2 amide bonds. The Morgan fingerprint density at radius 3 is 2.37 bits per heavy atom. The van der Waals surface area contributed by atoms with Gasteiger partial charge in [0, 0.05) is 5.69 Å². The smallest absolute Gasteiger partial charge is 0.416 e. The van der Waals surface area contributed by atoms with E-state index in [-0.39, 0.29) is 23.6 Å². The van der Waals surface area contributed by atoms with Crippen molar-refractivity contribution in [2.45, 2.75) is 6.18 Å². The van der Waals surface area contributed by atoms with Gasteiger partial charge in [-0.1, -0.05) is 6.07 Å². The summed E-state index contributed by atoms with van der Waals surface area (Å²) < 4.78 is 44.5. The number of ether oxygens (including phenoxy) is 1. The van der Waals surface area contributed by atoms with Gasteiger partial charge in [0.1, 0.15) is 17.4 Å². The van der Waals surface area contributed by atoms with E-state index < -0.39 is 23.6 Å². The second-order valence-corrected chi connectivity index (χ2v) is 7.48. The fraction of sp³-hybridized carbons (Fsp3) is 0.105. The van der Waals surface area contributed by atoms with Crippen molar-refractivity contribution in [2.75, 3.05) is 11.9 Å². The molecule has 2 aromatic rings. The van der Waals surface area contributed by atoms with E-state index >= 15 is 0 Å². The highest BCUT2D eigenvalue weighted by molar-refractivity contribution is 9.11. The fourth-order valence-corrected chi connectivity index (χ4v) is 3.68. The predicted molar refractivity (Wildman–Crippen MR) is 110 cm³/mol. The topological polar surface area (TPSA) is 105 Å². The van der Waals surface area contributed by atoms with E-state index in [1.807, 2.05) is 0 Å². The number of primary amides is 1. The Morgan fingerprint density at radius 1 is 1.20 bits per heavy atom. The lowest BCUT2D eigenvalue weighted by Gasteiger charge is -2.11. The molecule has 0 bridgehead atoms. The molecule has 30 heavy (non-hydrogen) atoms. The van der Waals surface area contributed by atoms with Crippen LogP contribution in [0.3, 0.4) is 0 Å². The van der Waals surface area contributed by atoms with Crippen LogP contribution in [0.4, 0.5) is 18.9 Å². The van der Waals surface area contributed by atoms with Gasteiger partial charge in [0.2, 0.25) is 0 Å². The number of carbonyl (C=O) groups is 2. The summed E-state index contributed by atoms with van der Waals surface area (Å²) in [5.41, 5.74) is 4.08. The zero-order chi connectivity index (χ0) is 22.5. The molecule has 0 spiro atoms. The second-order valence-electron chi connectivity index (χ2n) is 5.77. The second kappa shape index (κ2) is 9.77. The first-order chi connectivity index (χ1) is 14.0. The molecule has 0 aliphatic rings. The molecule has 2 aromatic carbocycles. The number of hydrogen-bond acceptors (Lipinski definition) is 4. The van der Waals surface area contributed by atoms with E-state index in [1.165, 1.54) is 24.3 Å². The number of anilines is 1. The minimum Gasteiger partial charge on any atom is -0.481 e. The third-order valence-electron chi connectivity index (χ3n) is 3.50. The minimum absolute atomic E-state index is 0.103. The lowest BCUT2D eigenvalue weighted by molar-refractivity contribution is -0.137. The number of benzene rings is 2. The van der Waals surface area contributed by atoms with E-state index in [2.05, 4.69) is 37.2 Å². The summed E-state index contributed by atoms with van der Waals surface area (Å²) in [5, 5.41) is 11.6. The van der Waals surface area contributed by atoms with E-state index in [4.69, 9.17) is 10.5 Å². The number of nitrogens with two attached hydrogens (primary N) is 1. The molecular weight excluding hydrogens is 535 g/mol. The third kappa shape index (κ3) is 6.33. The van der Waals surface area contributed by atoms with Crippen LogP contribution in [-0.4, -0.2) is 18.4 Å². The highest BCUT2D eigenvalue weighted by atomic mass is 79.9. The molecule has 0 heterocycles. The van der Waals surface area contributed by atoms with Gasteiger partial charge >= 0.3 is 6.18 Å². The molecule has 3 N–H and O–H groups in total. The molecule has 0 aliphatic carbocycles. The van der Waals surface area contributed by atoms with Crippen molar-refractivity contribution in [1.82, 2.24) is 0 Å². The first-order valence-electron chi connectivity index (χ1n) is 8.02. The van der Waals surface area contributed by atoms with Crippen LogP contribution in [0.1, 0.15) is 11.1 Å². The van der Waals surface area contributed by atoms with E-state index in [0.717, 1.165) is 18.2 Å². The average Bonchev–Trinajstić information content (AvgIpc) is 2.64. The number of alkyl halides is 3. The summed E-state index contributed by atoms with van der Waals surface area (Å²) in [4.78, 5) is 23.2. The van der Waals surface area contributed by atoms with Crippen molar-refractivity contribution in [3.05, 3.63) is 62.0 Å². The zero-order valence-corrected chi connectivity index (χ0v) is 18.1. The number of hydrogen-bond donors (Lipinski definition) is 2. The van der Waals surface area contributed by atoms with E-state index in [9.17, 15) is 28.0 Å². The van der Waals surface area contributed by atoms with Crippen LogP contribution < -0.4 is 15.8 Å². The van der Waals surface area contributed by atoms with Gasteiger partial charge in [-0.05, 0) is 73.8 Å². The standard InChI is InChI=1S/C19H12Br2F3N3O3/c20-14-5-10(6-15(21)17(14)30-9-16(26)28)4-11(8-25)18(29)27-13-3-1-2-12(7-13)19(22,23)24/h1-7H,9H2,(H2,26,28)(H,27,29)/b11-4+. The molecule has 0 radical (unpaired) electrons. The lowest BCUT2D eigenvalue weighted by Crippen LogP contribution is -2.20. The number of nitrogens with one attached hydrogen (secondary N) is 1. The van der Waals surface area contributed by atoms with Crippen molar-refractivity contribution in [2.24, 2.45) is 5.73 Å². The molecule has 0 aromatic heterocycles. The van der Waals surface area contributed by atoms with Crippen molar-refractivity contribution in [1.29, 1.82) is 5.26 Å². The lowest BCUT2D eigenvalue weighted by atomic mass is 10.1. The van der Waals surface area contributed by atoms with Gasteiger partial charge in [-0.2, -0.15) is 18.4 Å². The first-order valence-corrected chi connectivity index (χ1v) is 9.60. The number of halogens is 5.